The number of rotatable bonds is 6. The zero-order valence-electron chi connectivity index (χ0n) is 12.5. The Bertz CT molecular complexity index is 598. The Morgan fingerprint density at radius 2 is 1.95 bits per heavy atom. The first-order valence-electron chi connectivity index (χ1n) is 7.32. The third-order valence-electron chi connectivity index (χ3n) is 3.76. The van der Waals surface area contributed by atoms with Gasteiger partial charge in [-0.1, -0.05) is 42.8 Å². The fourth-order valence-electron chi connectivity index (χ4n) is 2.54. The molecule has 0 aliphatic heterocycles. The largest absolute Gasteiger partial charge is 0.316 e. The minimum Gasteiger partial charge on any atom is -0.316 e. The summed E-state index contributed by atoms with van der Waals surface area (Å²) in [7, 11) is 0. The highest BCUT2D eigenvalue weighted by molar-refractivity contribution is 6.31. The van der Waals surface area contributed by atoms with E-state index in [4.69, 9.17) is 11.6 Å². The highest BCUT2D eigenvalue weighted by Gasteiger charge is 2.16. The van der Waals surface area contributed by atoms with Crippen LogP contribution in [0.3, 0.4) is 0 Å². The minimum absolute atomic E-state index is 0.183. The first-order valence-corrected chi connectivity index (χ1v) is 7.69. The molecule has 0 aliphatic rings. The lowest BCUT2D eigenvalue weighted by atomic mass is 9.90. The molecule has 2 rings (SSSR count). The number of benzene rings is 2. The van der Waals surface area contributed by atoms with Crippen LogP contribution in [0, 0.1) is 12.7 Å². The molecule has 112 valence electrons. The van der Waals surface area contributed by atoms with Crippen LogP contribution in [-0.2, 0) is 6.42 Å². The average Bonchev–Trinajstić information content (AvgIpc) is 2.48. The monoisotopic (exact) mass is 305 g/mol. The van der Waals surface area contributed by atoms with Crippen molar-refractivity contribution in [2.45, 2.75) is 26.2 Å². The minimum atomic E-state index is -0.183. The van der Waals surface area contributed by atoms with Gasteiger partial charge in [0, 0.05) is 17.5 Å². The van der Waals surface area contributed by atoms with E-state index in [1.54, 1.807) is 6.07 Å². The number of aryl methyl sites for hydroxylation is 1. The Hall–Kier alpha value is -1.38. The molecule has 0 bridgehead atoms. The summed E-state index contributed by atoms with van der Waals surface area (Å²) in [6.07, 6.45) is 0.778. The fraction of sp³-hybridized carbons (Fsp3) is 0.333. The molecule has 1 N–H and O–H groups in total. The molecule has 0 amide bonds. The summed E-state index contributed by atoms with van der Waals surface area (Å²) in [6.45, 7) is 5.84. The number of likely N-dealkylation sites (N-methyl/N-ethyl adjacent to an activating group) is 1. The highest BCUT2D eigenvalue weighted by Crippen LogP contribution is 2.28. The van der Waals surface area contributed by atoms with Gasteiger partial charge in [-0.25, -0.2) is 4.39 Å². The zero-order valence-corrected chi connectivity index (χ0v) is 13.3. The van der Waals surface area contributed by atoms with Gasteiger partial charge in [0.25, 0.3) is 0 Å². The summed E-state index contributed by atoms with van der Waals surface area (Å²) < 4.78 is 13.5. The van der Waals surface area contributed by atoms with E-state index in [1.807, 2.05) is 31.2 Å². The number of hydrogen-bond acceptors (Lipinski definition) is 1. The topological polar surface area (TPSA) is 12.0 Å². The molecular weight excluding hydrogens is 285 g/mol. The van der Waals surface area contributed by atoms with Gasteiger partial charge >= 0.3 is 0 Å². The molecule has 1 unspecified atom stereocenters. The third-order valence-corrected chi connectivity index (χ3v) is 4.11. The Kier molecular flexibility index (Phi) is 5.77. The lowest BCUT2D eigenvalue weighted by molar-refractivity contribution is 0.587. The van der Waals surface area contributed by atoms with Gasteiger partial charge < -0.3 is 5.32 Å². The van der Waals surface area contributed by atoms with Crippen molar-refractivity contribution in [3.8, 4) is 0 Å². The molecule has 0 fully saturated rings. The molecule has 3 heteroatoms. The molecule has 0 heterocycles. The second-order valence-corrected chi connectivity index (χ2v) is 5.71. The maximum Gasteiger partial charge on any atom is 0.123 e. The van der Waals surface area contributed by atoms with Gasteiger partial charge in [0.15, 0.2) is 0 Å². The Morgan fingerprint density at radius 1 is 1.19 bits per heavy atom. The smallest absolute Gasteiger partial charge is 0.123 e. The normalized spacial score (nSPS) is 12.4. The average molecular weight is 306 g/mol. The molecule has 21 heavy (non-hydrogen) atoms. The lowest BCUT2D eigenvalue weighted by Gasteiger charge is -2.20. The summed E-state index contributed by atoms with van der Waals surface area (Å²) >= 11 is 6.33. The van der Waals surface area contributed by atoms with Crippen molar-refractivity contribution in [1.29, 1.82) is 0 Å². The Balaban J connectivity index is 2.28. The molecule has 1 atom stereocenters. The second-order valence-electron chi connectivity index (χ2n) is 5.30. The number of hydrogen-bond donors (Lipinski definition) is 1. The van der Waals surface area contributed by atoms with Crippen molar-refractivity contribution in [2.24, 2.45) is 0 Å². The molecule has 2 aromatic rings. The van der Waals surface area contributed by atoms with Gasteiger partial charge in [-0.15, -0.1) is 0 Å². The quantitative estimate of drug-likeness (QED) is 0.814. The SMILES string of the molecule is CCNCC(Cc1cc(F)ccc1C)c1ccccc1Cl. The van der Waals surface area contributed by atoms with E-state index >= 15 is 0 Å². The lowest BCUT2D eigenvalue weighted by Crippen LogP contribution is -2.23. The maximum atomic E-state index is 13.5. The maximum absolute atomic E-state index is 13.5. The molecule has 0 saturated carbocycles. The van der Waals surface area contributed by atoms with Crippen LogP contribution < -0.4 is 5.32 Å². The van der Waals surface area contributed by atoms with Crippen LogP contribution in [-0.4, -0.2) is 13.1 Å². The summed E-state index contributed by atoms with van der Waals surface area (Å²) in [5, 5.41) is 4.15. The van der Waals surface area contributed by atoms with Crippen LogP contribution >= 0.6 is 11.6 Å². The van der Waals surface area contributed by atoms with Gasteiger partial charge in [-0.05, 0) is 54.8 Å². The van der Waals surface area contributed by atoms with E-state index < -0.39 is 0 Å². The van der Waals surface area contributed by atoms with Gasteiger partial charge in [0.2, 0.25) is 0 Å². The van der Waals surface area contributed by atoms with Gasteiger partial charge in [-0.3, -0.25) is 0 Å². The summed E-state index contributed by atoms with van der Waals surface area (Å²) in [4.78, 5) is 0. The van der Waals surface area contributed by atoms with Crippen LogP contribution in [0.25, 0.3) is 0 Å². The van der Waals surface area contributed by atoms with Crippen molar-refractivity contribution in [1.82, 2.24) is 5.32 Å². The van der Waals surface area contributed by atoms with Gasteiger partial charge in [-0.2, -0.15) is 0 Å². The second kappa shape index (κ2) is 7.58. The van der Waals surface area contributed by atoms with Crippen LogP contribution in [0.5, 0.6) is 0 Å². The fourth-order valence-corrected chi connectivity index (χ4v) is 2.83. The van der Waals surface area contributed by atoms with Gasteiger partial charge in [0.05, 0.1) is 0 Å². The van der Waals surface area contributed by atoms with E-state index in [0.717, 1.165) is 41.2 Å². The highest BCUT2D eigenvalue weighted by atomic mass is 35.5. The zero-order chi connectivity index (χ0) is 15.2. The van der Waals surface area contributed by atoms with E-state index in [0.29, 0.717) is 0 Å². The molecule has 0 aliphatic carbocycles. The number of halogens is 2. The molecule has 1 nitrogen and oxygen atoms in total. The first kappa shape index (κ1) is 16.0. The Morgan fingerprint density at radius 3 is 2.67 bits per heavy atom. The van der Waals surface area contributed by atoms with Crippen LogP contribution in [0.15, 0.2) is 42.5 Å². The number of nitrogens with one attached hydrogen (secondary N) is 1. The molecular formula is C18H21ClFN. The van der Waals surface area contributed by atoms with Crippen molar-refractivity contribution in [2.75, 3.05) is 13.1 Å². The van der Waals surface area contributed by atoms with Crippen LogP contribution in [0.1, 0.15) is 29.5 Å². The van der Waals surface area contributed by atoms with Crippen molar-refractivity contribution >= 4 is 11.6 Å². The molecule has 0 saturated heterocycles. The summed E-state index contributed by atoms with van der Waals surface area (Å²) in [5.41, 5.74) is 3.27. The van der Waals surface area contributed by atoms with E-state index in [1.165, 1.54) is 6.07 Å². The predicted molar refractivity (Wildman–Crippen MR) is 87.6 cm³/mol. The van der Waals surface area contributed by atoms with E-state index in [2.05, 4.69) is 18.3 Å². The van der Waals surface area contributed by atoms with Crippen LogP contribution in [0.2, 0.25) is 5.02 Å². The Labute approximate surface area is 131 Å². The molecule has 0 aromatic heterocycles. The van der Waals surface area contributed by atoms with Crippen molar-refractivity contribution in [3.05, 3.63) is 70.0 Å². The molecule has 0 radical (unpaired) electrons. The first-order chi connectivity index (χ1) is 10.1. The standard InChI is InChI=1S/C18H21ClFN/c1-3-21-12-15(17-6-4-5-7-18(17)19)10-14-11-16(20)9-8-13(14)2/h4-9,11,15,21H,3,10,12H2,1-2H3. The summed E-state index contributed by atoms with van der Waals surface area (Å²) in [5.74, 6) is 0.0520. The van der Waals surface area contributed by atoms with Crippen LogP contribution in [0.4, 0.5) is 4.39 Å². The molecule has 2 aromatic carbocycles. The van der Waals surface area contributed by atoms with E-state index in [9.17, 15) is 4.39 Å². The van der Waals surface area contributed by atoms with Gasteiger partial charge in [0.1, 0.15) is 5.82 Å². The third kappa shape index (κ3) is 4.29. The summed E-state index contributed by atoms with van der Waals surface area (Å²) in [6, 6.07) is 12.9. The van der Waals surface area contributed by atoms with Crippen molar-refractivity contribution in [3.63, 3.8) is 0 Å². The predicted octanol–water partition coefficient (Wildman–Crippen LogP) is 4.72. The molecule has 0 spiro atoms. The van der Waals surface area contributed by atoms with E-state index in [-0.39, 0.29) is 11.7 Å². The van der Waals surface area contributed by atoms with Crippen molar-refractivity contribution < 1.29 is 4.39 Å².